The number of rotatable bonds is 7. The SMILES string of the molecule is C=CCCC(=O)N1C[C@H](N(C(=O)CCC=C)C(=O)OC(C)(C)C)C1=O. The van der Waals surface area contributed by atoms with E-state index in [-0.39, 0.29) is 25.3 Å². The Morgan fingerprint density at radius 1 is 1.20 bits per heavy atom. The molecule has 7 heteroatoms. The molecule has 1 rings (SSSR count). The highest BCUT2D eigenvalue weighted by atomic mass is 16.6. The van der Waals surface area contributed by atoms with Crippen molar-refractivity contribution in [3.05, 3.63) is 25.3 Å². The number of amides is 4. The molecule has 7 nitrogen and oxygen atoms in total. The molecule has 0 bridgehead atoms. The van der Waals surface area contributed by atoms with Gasteiger partial charge in [-0.15, -0.1) is 13.2 Å². The van der Waals surface area contributed by atoms with Crippen LogP contribution in [0.3, 0.4) is 0 Å². The summed E-state index contributed by atoms with van der Waals surface area (Å²) in [6, 6.07) is -1.00. The minimum absolute atomic E-state index is 0.00607. The van der Waals surface area contributed by atoms with Crippen LogP contribution in [0.25, 0.3) is 0 Å². The van der Waals surface area contributed by atoms with Gasteiger partial charge in [0.2, 0.25) is 11.8 Å². The molecule has 0 spiro atoms. The third-order valence-electron chi connectivity index (χ3n) is 3.50. The van der Waals surface area contributed by atoms with Gasteiger partial charge >= 0.3 is 6.09 Å². The molecular formula is C18H26N2O5. The predicted molar refractivity (Wildman–Crippen MR) is 92.5 cm³/mol. The number of carbonyl (C=O) groups excluding carboxylic acids is 4. The average molecular weight is 350 g/mol. The molecule has 0 aromatic rings. The van der Waals surface area contributed by atoms with Crippen LogP contribution in [0.4, 0.5) is 4.79 Å². The maximum absolute atomic E-state index is 12.4. The Labute approximate surface area is 148 Å². The van der Waals surface area contributed by atoms with E-state index in [2.05, 4.69) is 13.2 Å². The number of nitrogens with zero attached hydrogens (tertiary/aromatic N) is 2. The van der Waals surface area contributed by atoms with E-state index >= 15 is 0 Å². The van der Waals surface area contributed by atoms with Crippen molar-refractivity contribution in [1.82, 2.24) is 9.80 Å². The zero-order valence-electron chi connectivity index (χ0n) is 15.1. The Morgan fingerprint density at radius 3 is 2.24 bits per heavy atom. The summed E-state index contributed by atoms with van der Waals surface area (Å²) in [5.74, 6) is -1.43. The first kappa shape index (κ1) is 20.6. The van der Waals surface area contributed by atoms with E-state index in [9.17, 15) is 19.2 Å². The van der Waals surface area contributed by atoms with E-state index < -0.39 is 29.6 Å². The molecule has 0 aromatic carbocycles. The van der Waals surface area contributed by atoms with Gasteiger partial charge in [0.1, 0.15) is 11.6 Å². The van der Waals surface area contributed by atoms with Crippen LogP contribution in [0.15, 0.2) is 25.3 Å². The van der Waals surface area contributed by atoms with Crippen molar-refractivity contribution in [2.75, 3.05) is 6.54 Å². The molecule has 1 aliphatic heterocycles. The normalized spacial score (nSPS) is 16.7. The first-order chi connectivity index (χ1) is 11.6. The second kappa shape index (κ2) is 8.60. The highest BCUT2D eigenvalue weighted by Crippen LogP contribution is 2.22. The van der Waals surface area contributed by atoms with Crippen LogP contribution in [0.2, 0.25) is 0 Å². The van der Waals surface area contributed by atoms with Crippen molar-refractivity contribution in [3.8, 4) is 0 Å². The first-order valence-corrected chi connectivity index (χ1v) is 8.23. The van der Waals surface area contributed by atoms with E-state index in [1.807, 2.05) is 0 Å². The Bertz CT molecular complexity index is 577. The number of hydrogen-bond donors (Lipinski definition) is 0. The fourth-order valence-electron chi connectivity index (χ4n) is 2.25. The van der Waals surface area contributed by atoms with Crippen molar-refractivity contribution in [3.63, 3.8) is 0 Å². The van der Waals surface area contributed by atoms with Crippen LogP contribution in [0.5, 0.6) is 0 Å². The molecule has 0 saturated carbocycles. The standard InChI is InChI=1S/C18H26N2O5/c1-6-8-10-14(21)19-12-13(16(19)23)20(15(22)11-9-7-2)17(24)25-18(3,4)5/h6-7,13H,1-2,8-12H2,3-5H3/t13-/m0/s1. The minimum atomic E-state index is -1.00. The summed E-state index contributed by atoms with van der Waals surface area (Å²) in [7, 11) is 0. The number of β-lactam (4-membered cyclic amide) rings is 1. The maximum Gasteiger partial charge on any atom is 0.417 e. The van der Waals surface area contributed by atoms with Gasteiger partial charge in [0.25, 0.3) is 5.91 Å². The zero-order valence-corrected chi connectivity index (χ0v) is 15.1. The van der Waals surface area contributed by atoms with Gasteiger partial charge in [0.15, 0.2) is 0 Å². The molecule has 0 unspecified atom stereocenters. The first-order valence-electron chi connectivity index (χ1n) is 8.23. The van der Waals surface area contributed by atoms with Gasteiger partial charge in [-0.1, -0.05) is 12.2 Å². The monoisotopic (exact) mass is 350 g/mol. The highest BCUT2D eigenvalue weighted by molar-refractivity contribution is 6.07. The molecule has 1 saturated heterocycles. The van der Waals surface area contributed by atoms with Crippen molar-refractivity contribution in [1.29, 1.82) is 0 Å². The smallest absolute Gasteiger partial charge is 0.417 e. The lowest BCUT2D eigenvalue weighted by molar-refractivity contribution is -0.164. The van der Waals surface area contributed by atoms with Gasteiger partial charge in [-0.25, -0.2) is 9.69 Å². The number of allylic oxidation sites excluding steroid dienone is 2. The molecule has 0 aromatic heterocycles. The topological polar surface area (TPSA) is 84.0 Å². The van der Waals surface area contributed by atoms with Crippen LogP contribution < -0.4 is 0 Å². The zero-order chi connectivity index (χ0) is 19.2. The Kier molecular flexibility index (Phi) is 7.09. The van der Waals surface area contributed by atoms with Crippen LogP contribution >= 0.6 is 0 Å². The molecule has 25 heavy (non-hydrogen) atoms. The summed E-state index contributed by atoms with van der Waals surface area (Å²) >= 11 is 0. The third-order valence-corrected chi connectivity index (χ3v) is 3.50. The summed E-state index contributed by atoms with van der Waals surface area (Å²) in [6.45, 7) is 12.1. The van der Waals surface area contributed by atoms with Crippen molar-refractivity contribution < 1.29 is 23.9 Å². The lowest BCUT2D eigenvalue weighted by Gasteiger charge is -2.42. The number of imide groups is 2. The van der Waals surface area contributed by atoms with Gasteiger partial charge in [-0.3, -0.25) is 19.3 Å². The second-order valence-electron chi connectivity index (χ2n) is 6.76. The fraction of sp³-hybridized carbons (Fsp3) is 0.556. The molecule has 0 radical (unpaired) electrons. The summed E-state index contributed by atoms with van der Waals surface area (Å²) in [6.07, 6.45) is 3.31. The molecule has 1 aliphatic rings. The Hall–Kier alpha value is -2.44. The van der Waals surface area contributed by atoms with Crippen molar-refractivity contribution >= 4 is 23.8 Å². The molecule has 1 fully saturated rings. The second-order valence-corrected chi connectivity index (χ2v) is 6.76. The lowest BCUT2D eigenvalue weighted by atomic mass is 10.0. The summed E-state index contributed by atoms with van der Waals surface area (Å²) in [5, 5.41) is 0. The Balaban J connectivity index is 2.87. The van der Waals surface area contributed by atoms with Crippen LogP contribution in [0.1, 0.15) is 46.5 Å². The van der Waals surface area contributed by atoms with E-state index in [0.29, 0.717) is 12.8 Å². The molecule has 0 N–H and O–H groups in total. The number of hydrogen-bond acceptors (Lipinski definition) is 5. The molecule has 0 aliphatic carbocycles. The van der Waals surface area contributed by atoms with E-state index in [1.165, 1.54) is 0 Å². The van der Waals surface area contributed by atoms with Crippen molar-refractivity contribution in [2.24, 2.45) is 0 Å². The molecule has 1 heterocycles. The molecule has 1 atom stereocenters. The summed E-state index contributed by atoms with van der Waals surface area (Å²) in [4.78, 5) is 50.9. The molecular weight excluding hydrogens is 324 g/mol. The number of ether oxygens (including phenoxy) is 1. The fourth-order valence-corrected chi connectivity index (χ4v) is 2.25. The van der Waals surface area contributed by atoms with Gasteiger partial charge in [-0.05, 0) is 33.6 Å². The quantitative estimate of drug-likeness (QED) is 0.520. The lowest BCUT2D eigenvalue weighted by Crippen LogP contribution is -2.67. The Morgan fingerprint density at radius 2 is 1.76 bits per heavy atom. The largest absolute Gasteiger partial charge is 0.443 e. The van der Waals surface area contributed by atoms with Gasteiger partial charge in [-0.2, -0.15) is 0 Å². The maximum atomic E-state index is 12.4. The van der Waals surface area contributed by atoms with Crippen LogP contribution in [-0.2, 0) is 19.1 Å². The highest BCUT2D eigenvalue weighted by Gasteiger charge is 2.48. The van der Waals surface area contributed by atoms with Crippen LogP contribution in [-0.4, -0.2) is 51.8 Å². The molecule has 4 amide bonds. The summed E-state index contributed by atoms with van der Waals surface area (Å²) < 4.78 is 5.24. The van der Waals surface area contributed by atoms with E-state index in [4.69, 9.17) is 4.74 Å². The number of likely N-dealkylation sites (tertiary alicyclic amines) is 1. The number of carbonyl (C=O) groups is 4. The van der Waals surface area contributed by atoms with Crippen LogP contribution in [0, 0.1) is 0 Å². The van der Waals surface area contributed by atoms with Gasteiger partial charge in [0.05, 0.1) is 6.54 Å². The predicted octanol–water partition coefficient (Wildman–Crippen LogP) is 2.42. The van der Waals surface area contributed by atoms with Gasteiger partial charge in [0, 0.05) is 12.8 Å². The summed E-state index contributed by atoms with van der Waals surface area (Å²) in [5.41, 5.74) is -0.805. The van der Waals surface area contributed by atoms with E-state index in [1.54, 1.807) is 32.9 Å². The van der Waals surface area contributed by atoms with E-state index in [0.717, 1.165) is 9.80 Å². The minimum Gasteiger partial charge on any atom is -0.443 e. The third kappa shape index (κ3) is 5.55. The average Bonchev–Trinajstić information content (AvgIpc) is 2.51. The van der Waals surface area contributed by atoms with Gasteiger partial charge < -0.3 is 4.74 Å². The van der Waals surface area contributed by atoms with Crippen molar-refractivity contribution in [2.45, 2.75) is 58.1 Å². The molecule has 138 valence electrons.